The third-order valence-electron chi connectivity index (χ3n) is 5.80. The van der Waals surface area contributed by atoms with Crippen LogP contribution in [0.3, 0.4) is 0 Å². The first kappa shape index (κ1) is 24.8. The molecule has 2 aliphatic rings. The normalized spacial score (nSPS) is 17.2. The third kappa shape index (κ3) is 5.20. The number of carboxylic acid groups (broad SMARTS) is 1. The summed E-state index contributed by atoms with van der Waals surface area (Å²) in [6, 6.07) is 0.956. The summed E-state index contributed by atoms with van der Waals surface area (Å²) in [5, 5.41) is 18.1. The van der Waals surface area contributed by atoms with Crippen molar-refractivity contribution in [3.63, 3.8) is 0 Å². The van der Waals surface area contributed by atoms with Gasteiger partial charge in [-0.15, -0.1) is 5.10 Å². The largest absolute Gasteiger partial charge is 0.477 e. The summed E-state index contributed by atoms with van der Waals surface area (Å²) < 4.78 is 16.7. The number of hydrogen-bond acceptors (Lipinski definition) is 8. The number of halogens is 2. The van der Waals surface area contributed by atoms with Crippen LogP contribution in [-0.2, 0) is 4.79 Å². The number of nitrogens with two attached hydrogens (primary N) is 1. The minimum atomic E-state index is -1.35. The second-order valence-electron chi connectivity index (χ2n) is 8.25. The summed E-state index contributed by atoms with van der Waals surface area (Å²) in [6.07, 6.45) is 5.03. The molecule has 5 N–H and O–H groups in total. The molecular formula is C21H23ClFN7O4S. The second-order valence-corrected chi connectivity index (χ2v) is 8.94. The van der Waals surface area contributed by atoms with Crippen molar-refractivity contribution in [3.05, 3.63) is 45.2 Å². The van der Waals surface area contributed by atoms with Crippen LogP contribution in [0.1, 0.15) is 35.7 Å². The van der Waals surface area contributed by atoms with Crippen LogP contribution >= 0.6 is 24.2 Å². The molecule has 3 aromatic rings. The van der Waals surface area contributed by atoms with Crippen molar-refractivity contribution < 1.29 is 19.1 Å². The zero-order valence-corrected chi connectivity index (χ0v) is 20.0. The van der Waals surface area contributed by atoms with Crippen molar-refractivity contribution in [3.8, 4) is 0 Å². The van der Waals surface area contributed by atoms with E-state index in [0.29, 0.717) is 25.0 Å². The van der Waals surface area contributed by atoms with Gasteiger partial charge in [-0.2, -0.15) is 12.6 Å². The van der Waals surface area contributed by atoms with Gasteiger partial charge >= 0.3 is 5.97 Å². The lowest BCUT2D eigenvalue weighted by molar-refractivity contribution is -0.119. The van der Waals surface area contributed by atoms with Crippen LogP contribution in [0, 0.1) is 5.82 Å². The standard InChI is InChI=1S/C19H19ClFN3O4S.C2H4N4/c20-15-16-11(18(26)12(19(27)28)7-24(16)10-1-2-10)5-13(21)17(15)23-4-3-9(6-23)22-14(25)8-29;3-2-4-1-5-6-2/h5,7,9-10,29H,1-4,6,8H2,(H,22,25)(H,27,28);1H,(H3,3,4,5,6). The van der Waals surface area contributed by atoms with Gasteiger partial charge in [0.25, 0.3) is 0 Å². The van der Waals surface area contributed by atoms with Gasteiger partial charge in [0.2, 0.25) is 17.3 Å². The fourth-order valence-corrected chi connectivity index (χ4v) is 4.59. The molecule has 14 heteroatoms. The summed E-state index contributed by atoms with van der Waals surface area (Å²) in [4.78, 5) is 40.9. The number of anilines is 2. The average Bonchev–Trinajstić information content (AvgIpc) is 3.38. The summed E-state index contributed by atoms with van der Waals surface area (Å²) in [7, 11) is 0. The number of carboxylic acids is 1. The number of nitrogens with one attached hydrogen (secondary N) is 2. The number of carbonyl (C=O) groups excluding carboxylic acids is 1. The highest BCUT2D eigenvalue weighted by atomic mass is 35.5. The van der Waals surface area contributed by atoms with Gasteiger partial charge in [0.15, 0.2) is 0 Å². The van der Waals surface area contributed by atoms with Gasteiger partial charge in [-0.25, -0.2) is 14.2 Å². The predicted molar refractivity (Wildman–Crippen MR) is 132 cm³/mol. The number of amides is 1. The number of aromatic amines is 1. The molecule has 1 saturated heterocycles. The number of benzene rings is 1. The van der Waals surface area contributed by atoms with Crippen molar-refractivity contribution in [2.75, 3.05) is 29.5 Å². The van der Waals surface area contributed by atoms with Crippen LogP contribution in [0.5, 0.6) is 0 Å². The molecule has 1 aliphatic carbocycles. The molecule has 11 nitrogen and oxygen atoms in total. The van der Waals surface area contributed by atoms with Crippen LogP contribution in [0.4, 0.5) is 16.0 Å². The van der Waals surface area contributed by atoms with Crippen molar-refractivity contribution in [1.29, 1.82) is 0 Å². The molecule has 1 amide bonds. The number of pyridine rings is 1. The zero-order chi connectivity index (χ0) is 25.3. The van der Waals surface area contributed by atoms with Crippen molar-refractivity contribution in [2.45, 2.75) is 31.3 Å². The molecule has 2 fully saturated rings. The molecule has 186 valence electrons. The van der Waals surface area contributed by atoms with E-state index in [-0.39, 0.29) is 45.8 Å². The van der Waals surface area contributed by atoms with E-state index in [1.165, 1.54) is 12.5 Å². The van der Waals surface area contributed by atoms with E-state index in [4.69, 9.17) is 17.3 Å². The van der Waals surface area contributed by atoms with Crippen molar-refractivity contribution in [1.82, 2.24) is 25.1 Å². The van der Waals surface area contributed by atoms with E-state index >= 15 is 4.39 Å². The second kappa shape index (κ2) is 10.1. The Morgan fingerprint density at radius 1 is 1.37 bits per heavy atom. The Balaban J connectivity index is 0.000000421. The predicted octanol–water partition coefficient (Wildman–Crippen LogP) is 1.84. The van der Waals surface area contributed by atoms with Crippen LogP contribution < -0.4 is 21.4 Å². The molecule has 1 unspecified atom stereocenters. The number of aromatic nitrogens is 4. The van der Waals surface area contributed by atoms with E-state index in [1.54, 1.807) is 9.47 Å². The lowest BCUT2D eigenvalue weighted by atomic mass is 10.1. The molecule has 1 aromatic carbocycles. The molecule has 2 aromatic heterocycles. The molecule has 3 heterocycles. The van der Waals surface area contributed by atoms with Gasteiger partial charge in [0.1, 0.15) is 17.7 Å². The van der Waals surface area contributed by atoms with Crippen LogP contribution in [0.25, 0.3) is 10.9 Å². The fourth-order valence-electron chi connectivity index (χ4n) is 4.09. The highest BCUT2D eigenvalue weighted by Crippen LogP contribution is 2.42. The van der Waals surface area contributed by atoms with Gasteiger partial charge in [0, 0.05) is 31.4 Å². The molecular weight excluding hydrogens is 501 g/mol. The van der Waals surface area contributed by atoms with E-state index in [1.807, 2.05) is 0 Å². The number of hydrogen-bond donors (Lipinski definition) is 5. The average molecular weight is 524 g/mol. The Kier molecular flexibility index (Phi) is 7.17. The van der Waals surface area contributed by atoms with E-state index in [0.717, 1.165) is 18.9 Å². The number of carbonyl (C=O) groups is 2. The number of H-pyrrole nitrogens is 1. The molecule has 0 bridgehead atoms. The minimum Gasteiger partial charge on any atom is -0.477 e. The molecule has 5 rings (SSSR count). The van der Waals surface area contributed by atoms with Crippen LogP contribution in [-0.4, -0.2) is 61.6 Å². The zero-order valence-electron chi connectivity index (χ0n) is 18.4. The molecule has 35 heavy (non-hydrogen) atoms. The Bertz CT molecular complexity index is 1330. The number of thiol groups is 1. The number of fused-ring (bicyclic) bond motifs is 1. The quantitative estimate of drug-likeness (QED) is 0.317. The number of nitrogens with zero attached hydrogens (tertiary/aromatic N) is 4. The van der Waals surface area contributed by atoms with Crippen molar-refractivity contribution in [2.24, 2.45) is 0 Å². The summed E-state index contributed by atoms with van der Waals surface area (Å²) in [5.41, 5.74) is 4.39. The highest BCUT2D eigenvalue weighted by molar-refractivity contribution is 7.81. The topological polar surface area (TPSA) is 159 Å². The Morgan fingerprint density at radius 2 is 2.11 bits per heavy atom. The summed E-state index contributed by atoms with van der Waals surface area (Å²) >= 11 is 10.5. The first-order valence-corrected chi connectivity index (χ1v) is 11.8. The maximum atomic E-state index is 15.0. The van der Waals surface area contributed by atoms with Gasteiger partial charge in [-0.3, -0.25) is 14.7 Å². The van der Waals surface area contributed by atoms with Crippen molar-refractivity contribution >= 4 is 58.6 Å². The highest BCUT2D eigenvalue weighted by Gasteiger charge is 2.32. The monoisotopic (exact) mass is 523 g/mol. The maximum absolute atomic E-state index is 15.0. The maximum Gasteiger partial charge on any atom is 0.341 e. The molecule has 1 aliphatic heterocycles. The van der Waals surface area contributed by atoms with Gasteiger partial charge in [-0.1, -0.05) is 11.6 Å². The number of rotatable bonds is 5. The smallest absolute Gasteiger partial charge is 0.341 e. The Hall–Kier alpha value is -3.32. The summed E-state index contributed by atoms with van der Waals surface area (Å²) in [5.74, 6) is -1.88. The van der Waals surface area contributed by atoms with Gasteiger partial charge in [0.05, 0.1) is 27.4 Å². The lowest BCUT2D eigenvalue weighted by Crippen LogP contribution is -2.38. The van der Waals surface area contributed by atoms with Gasteiger partial charge < -0.3 is 25.6 Å². The SMILES string of the molecule is Nc1nc[nH]n1.O=C(CS)NC1CCN(c2c(F)cc3c(=O)c(C(=O)O)cn(C4CC4)c3c2Cl)C1. The Morgan fingerprint density at radius 3 is 2.66 bits per heavy atom. The number of aromatic carboxylic acids is 1. The molecule has 1 atom stereocenters. The number of nitrogen functional groups attached to an aromatic ring is 1. The molecule has 1 saturated carbocycles. The van der Waals surface area contributed by atoms with Crippen LogP contribution in [0.15, 0.2) is 23.4 Å². The summed E-state index contributed by atoms with van der Waals surface area (Å²) in [6.45, 7) is 0.864. The Labute approximate surface area is 208 Å². The molecule has 0 radical (unpaired) electrons. The van der Waals surface area contributed by atoms with Crippen LogP contribution in [0.2, 0.25) is 5.02 Å². The van der Waals surface area contributed by atoms with E-state index in [9.17, 15) is 19.5 Å². The van der Waals surface area contributed by atoms with Gasteiger partial charge in [-0.05, 0) is 25.3 Å². The minimum absolute atomic E-state index is 0.0352. The van der Waals surface area contributed by atoms with E-state index in [2.05, 4.69) is 33.1 Å². The first-order valence-electron chi connectivity index (χ1n) is 10.8. The lowest BCUT2D eigenvalue weighted by Gasteiger charge is -2.23. The van der Waals surface area contributed by atoms with E-state index < -0.39 is 22.8 Å². The first-order chi connectivity index (χ1) is 16.7. The molecule has 0 spiro atoms. The fraction of sp³-hybridized carbons (Fsp3) is 0.381. The third-order valence-corrected chi connectivity index (χ3v) is 6.45.